The number of aromatic nitrogens is 4. The van der Waals surface area contributed by atoms with Gasteiger partial charge in [-0.3, -0.25) is 4.79 Å². The lowest BCUT2D eigenvalue weighted by atomic mass is 9.99. The minimum Gasteiger partial charge on any atom is -0.339 e. The topological polar surface area (TPSA) is 92.7 Å². The summed E-state index contributed by atoms with van der Waals surface area (Å²) in [6.45, 7) is 9.90. The number of benzene rings is 2. The van der Waals surface area contributed by atoms with E-state index in [1.807, 2.05) is 65.0 Å². The number of nitrogens with one attached hydrogen (secondary N) is 2. The Morgan fingerprint density at radius 2 is 1.64 bits per heavy atom. The molecule has 10 heteroatoms. The maximum Gasteiger partial charge on any atom is 0.199 e. The van der Waals surface area contributed by atoms with E-state index in [9.17, 15) is 13.4 Å². The van der Waals surface area contributed by atoms with E-state index in [-0.39, 0.29) is 11.3 Å². The number of rotatable bonds is 8. The van der Waals surface area contributed by atoms with Crippen LogP contribution < -0.4 is 4.72 Å². The number of aromatic amines is 1. The molecule has 0 saturated carbocycles. The van der Waals surface area contributed by atoms with Gasteiger partial charge in [-0.2, -0.15) is 0 Å². The van der Waals surface area contributed by atoms with Crippen molar-refractivity contribution in [1.29, 1.82) is 0 Å². The summed E-state index contributed by atoms with van der Waals surface area (Å²) in [5.74, 6) is -1.77. The van der Waals surface area contributed by atoms with Crippen LogP contribution >= 0.6 is 0 Å². The predicted molar refractivity (Wildman–Crippen MR) is 174 cm³/mol. The molecule has 0 aliphatic heterocycles. The fourth-order valence-electron chi connectivity index (χ4n) is 5.13. The molecule has 1 atom stereocenters. The van der Waals surface area contributed by atoms with E-state index in [4.69, 9.17) is 0 Å². The van der Waals surface area contributed by atoms with E-state index in [0.717, 1.165) is 51.4 Å². The van der Waals surface area contributed by atoms with Crippen LogP contribution in [0.2, 0.25) is 0 Å². The zero-order chi connectivity index (χ0) is 31.5. The molecular formula is C34H33F2N5O2S. The maximum atomic E-state index is 15.3. The lowest BCUT2D eigenvalue weighted by molar-refractivity contribution is 0.103. The fourth-order valence-corrected chi connectivity index (χ4v) is 6.01. The molecule has 0 fully saturated rings. The Morgan fingerprint density at radius 3 is 2.32 bits per heavy atom. The molecule has 0 amide bonds. The monoisotopic (exact) mass is 613 g/mol. The van der Waals surface area contributed by atoms with Gasteiger partial charge in [0.2, 0.25) is 0 Å². The third kappa shape index (κ3) is 5.77. The summed E-state index contributed by atoms with van der Waals surface area (Å²) in [6.07, 6.45) is 4.16. The van der Waals surface area contributed by atoms with Crippen molar-refractivity contribution >= 4 is 44.4 Å². The smallest absolute Gasteiger partial charge is 0.199 e. The highest BCUT2D eigenvalue weighted by Crippen LogP contribution is 2.31. The number of nitrogens with zero attached hydrogens (tertiary/aromatic N) is 3. The Balaban J connectivity index is 0.00000188. The highest BCUT2D eigenvalue weighted by molar-refractivity contribution is 7.86. The predicted octanol–water partition coefficient (Wildman–Crippen LogP) is 8.21. The molecule has 0 spiro atoms. The molecule has 6 aromatic rings. The number of halogens is 2. The third-order valence-electron chi connectivity index (χ3n) is 7.23. The SMILES string of the molecule is CC.CCCS(=O)Nc1ccc(F)c(C(=O)c2ccc3[nH]c4ncc(-c5ccc(-n6c(C)ccc6C)nc5)cc4c3c2)c1F. The third-order valence-corrected chi connectivity index (χ3v) is 8.45. The Labute approximate surface area is 257 Å². The summed E-state index contributed by atoms with van der Waals surface area (Å²) in [5.41, 5.74) is 4.45. The highest BCUT2D eigenvalue weighted by atomic mass is 32.2. The van der Waals surface area contributed by atoms with Gasteiger partial charge in [-0.05, 0) is 80.9 Å². The van der Waals surface area contributed by atoms with E-state index in [2.05, 4.69) is 24.2 Å². The van der Waals surface area contributed by atoms with Crippen LogP contribution in [0.5, 0.6) is 0 Å². The van der Waals surface area contributed by atoms with Crippen LogP contribution in [-0.2, 0) is 11.0 Å². The number of ketones is 1. The number of carbonyl (C=O) groups is 1. The van der Waals surface area contributed by atoms with Crippen LogP contribution in [0.25, 0.3) is 38.9 Å². The van der Waals surface area contributed by atoms with E-state index in [1.165, 1.54) is 6.07 Å². The van der Waals surface area contributed by atoms with Crippen LogP contribution in [0.15, 0.2) is 73.1 Å². The van der Waals surface area contributed by atoms with Gasteiger partial charge in [0.15, 0.2) is 11.6 Å². The molecule has 2 aromatic carbocycles. The number of hydrogen-bond donors (Lipinski definition) is 2. The second-order valence-electron chi connectivity index (χ2n) is 10.1. The van der Waals surface area contributed by atoms with Crippen molar-refractivity contribution < 1.29 is 17.8 Å². The number of carbonyl (C=O) groups excluding carboxylic acids is 1. The van der Waals surface area contributed by atoms with Gasteiger partial charge in [0.25, 0.3) is 0 Å². The van der Waals surface area contributed by atoms with Crippen LogP contribution in [0.1, 0.15) is 54.5 Å². The number of pyridine rings is 2. The highest BCUT2D eigenvalue weighted by Gasteiger charge is 2.23. The number of hydrogen-bond acceptors (Lipinski definition) is 4. The quantitative estimate of drug-likeness (QED) is 0.169. The lowest BCUT2D eigenvalue weighted by Crippen LogP contribution is -2.13. The first-order chi connectivity index (χ1) is 21.2. The molecule has 226 valence electrons. The summed E-state index contributed by atoms with van der Waals surface area (Å²) in [4.78, 5) is 25.9. The van der Waals surface area contributed by atoms with Crippen LogP contribution in [0.4, 0.5) is 14.5 Å². The van der Waals surface area contributed by atoms with Crippen molar-refractivity contribution in [3.05, 3.63) is 107 Å². The minimum absolute atomic E-state index is 0.113. The van der Waals surface area contributed by atoms with Gasteiger partial charge in [-0.25, -0.2) is 23.0 Å². The van der Waals surface area contributed by atoms with Gasteiger partial charge in [0.05, 0.1) is 11.3 Å². The molecule has 2 N–H and O–H groups in total. The molecule has 0 bridgehead atoms. The summed E-state index contributed by atoms with van der Waals surface area (Å²) in [6, 6.07) is 16.9. The number of H-pyrrole nitrogens is 1. The maximum absolute atomic E-state index is 15.3. The average Bonchev–Trinajstić information content (AvgIpc) is 3.57. The van der Waals surface area contributed by atoms with Crippen LogP contribution in [0.3, 0.4) is 0 Å². The van der Waals surface area contributed by atoms with Crippen molar-refractivity contribution in [2.75, 3.05) is 10.5 Å². The van der Waals surface area contributed by atoms with Gasteiger partial charge >= 0.3 is 0 Å². The zero-order valence-electron chi connectivity index (χ0n) is 25.2. The fraction of sp³-hybridized carbons (Fsp3) is 0.206. The molecule has 6 rings (SSSR count). The Kier molecular flexibility index (Phi) is 9.01. The molecule has 44 heavy (non-hydrogen) atoms. The standard InChI is InChI=1S/C32H27F2N5O2S.C2H6/c1-4-13-42(41)38-27-11-9-25(33)29(30(27)34)31(40)20-7-10-26-23(14-20)24-15-22(17-36-32(24)37-26)21-8-12-28(35-16-21)39-18(2)5-6-19(39)3;1-2/h5-12,14-17,38H,4,13H2,1-3H3,(H,36,37);1-2H3. The van der Waals surface area contributed by atoms with Gasteiger partial charge in [-0.15, -0.1) is 0 Å². The van der Waals surface area contributed by atoms with Gasteiger partial charge in [-0.1, -0.05) is 20.8 Å². The first kappa shape index (κ1) is 30.7. The molecule has 1 unspecified atom stereocenters. The summed E-state index contributed by atoms with van der Waals surface area (Å²) >= 11 is 0. The first-order valence-corrected chi connectivity index (χ1v) is 15.8. The zero-order valence-corrected chi connectivity index (χ0v) is 26.0. The Hall–Kier alpha value is -4.70. The molecule has 0 radical (unpaired) electrons. The minimum atomic E-state index is -1.55. The van der Waals surface area contributed by atoms with Crippen LogP contribution in [0, 0.1) is 25.5 Å². The molecule has 4 aromatic heterocycles. The van der Waals surface area contributed by atoms with Gasteiger partial charge < -0.3 is 14.3 Å². The van der Waals surface area contributed by atoms with E-state index < -0.39 is 34.0 Å². The normalized spacial score (nSPS) is 11.8. The second-order valence-corrected chi connectivity index (χ2v) is 11.4. The van der Waals surface area contributed by atoms with Crippen molar-refractivity contribution in [2.24, 2.45) is 0 Å². The summed E-state index contributed by atoms with van der Waals surface area (Å²) in [5, 5.41) is 1.44. The Morgan fingerprint density at radius 1 is 0.909 bits per heavy atom. The van der Waals surface area contributed by atoms with Crippen molar-refractivity contribution in [3.63, 3.8) is 0 Å². The molecular weight excluding hydrogens is 580 g/mol. The average molecular weight is 614 g/mol. The van der Waals surface area contributed by atoms with Crippen molar-refractivity contribution in [2.45, 2.75) is 41.0 Å². The number of anilines is 1. The second kappa shape index (κ2) is 12.9. The molecule has 4 heterocycles. The largest absolute Gasteiger partial charge is 0.339 e. The van der Waals surface area contributed by atoms with E-state index in [1.54, 1.807) is 24.5 Å². The number of fused-ring (bicyclic) bond motifs is 3. The van der Waals surface area contributed by atoms with Crippen LogP contribution in [-0.4, -0.2) is 35.3 Å². The summed E-state index contributed by atoms with van der Waals surface area (Å²) in [7, 11) is -1.55. The van der Waals surface area contributed by atoms with Crippen molar-refractivity contribution in [1.82, 2.24) is 19.5 Å². The lowest BCUT2D eigenvalue weighted by Gasteiger charge is -2.11. The van der Waals surface area contributed by atoms with E-state index >= 15 is 4.39 Å². The van der Waals surface area contributed by atoms with Gasteiger partial charge in [0.1, 0.15) is 28.3 Å². The van der Waals surface area contributed by atoms with E-state index in [0.29, 0.717) is 23.2 Å². The summed E-state index contributed by atoms with van der Waals surface area (Å²) < 4.78 is 46.8. The number of aryl methyl sites for hydroxylation is 2. The molecule has 0 aliphatic rings. The Bertz CT molecular complexity index is 2000. The van der Waals surface area contributed by atoms with Gasteiger partial charge in [0, 0.05) is 62.5 Å². The van der Waals surface area contributed by atoms with Crippen molar-refractivity contribution in [3.8, 4) is 16.9 Å². The molecule has 7 nitrogen and oxygen atoms in total. The molecule has 0 saturated heterocycles. The first-order valence-electron chi connectivity index (χ1n) is 14.5. The molecule has 0 aliphatic carbocycles.